The number of aliphatic hydroxyl groups is 1. The van der Waals surface area contributed by atoms with E-state index in [0.717, 1.165) is 6.42 Å². The van der Waals surface area contributed by atoms with Crippen LogP contribution in [0, 0.1) is 0 Å². The lowest BCUT2D eigenvalue weighted by molar-refractivity contribution is -0.140. The van der Waals surface area contributed by atoms with Crippen LogP contribution in [0.3, 0.4) is 0 Å². The number of ether oxygens (including phenoxy) is 2. The molecule has 0 aliphatic carbocycles. The fourth-order valence-corrected chi connectivity index (χ4v) is 4.25. The first-order valence-corrected chi connectivity index (χ1v) is 11.7. The second-order valence-electron chi connectivity index (χ2n) is 8.26. The number of hydrogen-bond donors (Lipinski definition) is 1. The lowest BCUT2D eigenvalue weighted by atomic mass is 9.94. The van der Waals surface area contributed by atoms with Gasteiger partial charge in [0.25, 0.3) is 11.7 Å². The van der Waals surface area contributed by atoms with E-state index >= 15 is 0 Å². The summed E-state index contributed by atoms with van der Waals surface area (Å²) in [5.41, 5.74) is 1.12. The number of para-hydroxylation sites is 1. The number of aromatic nitrogens is 2. The van der Waals surface area contributed by atoms with Gasteiger partial charge in [-0.05, 0) is 43.2 Å². The molecule has 1 fully saturated rings. The molecule has 35 heavy (non-hydrogen) atoms. The van der Waals surface area contributed by atoms with E-state index in [9.17, 15) is 14.7 Å². The van der Waals surface area contributed by atoms with Crippen molar-refractivity contribution in [3.05, 3.63) is 84.0 Å². The third-order valence-corrected chi connectivity index (χ3v) is 5.95. The highest BCUT2D eigenvalue weighted by atomic mass is 16.5. The number of ketones is 1. The Kier molecular flexibility index (Phi) is 7.50. The van der Waals surface area contributed by atoms with Gasteiger partial charge in [0.1, 0.15) is 17.3 Å². The topological polar surface area (TPSA) is 93.9 Å². The molecule has 1 saturated heterocycles. The Labute approximate surface area is 204 Å². The van der Waals surface area contributed by atoms with E-state index in [4.69, 9.17) is 9.47 Å². The first-order chi connectivity index (χ1) is 17.0. The molecule has 8 heteroatoms. The molecule has 2 heterocycles. The molecule has 1 amide bonds. The molecule has 1 aliphatic rings. The number of amides is 1. The molecule has 1 unspecified atom stereocenters. The Morgan fingerprint density at radius 2 is 1.86 bits per heavy atom. The number of aryl methyl sites for hydroxylation is 1. The summed E-state index contributed by atoms with van der Waals surface area (Å²) in [5.74, 6) is -0.375. The number of carbonyl (C=O) groups is 2. The molecule has 182 valence electrons. The van der Waals surface area contributed by atoms with E-state index < -0.39 is 17.7 Å². The summed E-state index contributed by atoms with van der Waals surface area (Å²) in [6.45, 7) is 3.57. The summed E-state index contributed by atoms with van der Waals surface area (Å²) in [7, 11) is 1.54. The number of carbonyl (C=O) groups excluding carboxylic acids is 2. The standard InChI is InChI=1S/C27H29N3O5/c1-3-17-35-20-11-9-19(10-12-20)25(31)23-24(21-7-4-5-8-22(21)34-2)30(27(33)26(23)32)15-6-14-29-16-13-28-18-29/h4-5,7-13,16,18,24,31H,3,6,14-15,17H2,1-2H3. The summed E-state index contributed by atoms with van der Waals surface area (Å²) in [5, 5.41) is 11.3. The highest BCUT2D eigenvalue weighted by molar-refractivity contribution is 6.46. The van der Waals surface area contributed by atoms with Crippen LogP contribution in [-0.4, -0.2) is 51.5 Å². The molecule has 1 aliphatic heterocycles. The van der Waals surface area contributed by atoms with Crippen LogP contribution in [0.4, 0.5) is 0 Å². The van der Waals surface area contributed by atoms with Crippen LogP contribution in [0.15, 0.2) is 72.8 Å². The van der Waals surface area contributed by atoms with Gasteiger partial charge >= 0.3 is 0 Å². The summed E-state index contributed by atoms with van der Waals surface area (Å²) in [6.07, 6.45) is 6.74. The number of methoxy groups -OCH3 is 1. The van der Waals surface area contributed by atoms with Crippen molar-refractivity contribution in [3.63, 3.8) is 0 Å². The average Bonchev–Trinajstić information content (AvgIpc) is 3.49. The van der Waals surface area contributed by atoms with Crippen molar-refractivity contribution in [2.45, 2.75) is 32.4 Å². The first kappa shape index (κ1) is 24.1. The van der Waals surface area contributed by atoms with E-state index in [0.29, 0.717) is 48.7 Å². The minimum Gasteiger partial charge on any atom is -0.507 e. The number of nitrogens with zero attached hydrogens (tertiary/aromatic N) is 3. The van der Waals surface area contributed by atoms with Crippen LogP contribution in [0.25, 0.3) is 5.76 Å². The monoisotopic (exact) mass is 475 g/mol. The first-order valence-electron chi connectivity index (χ1n) is 11.7. The van der Waals surface area contributed by atoms with Gasteiger partial charge in [-0.3, -0.25) is 9.59 Å². The predicted octanol–water partition coefficient (Wildman–Crippen LogP) is 4.19. The fourth-order valence-electron chi connectivity index (χ4n) is 4.25. The Bertz CT molecular complexity index is 1200. The van der Waals surface area contributed by atoms with Crippen LogP contribution in [-0.2, 0) is 16.1 Å². The molecule has 0 radical (unpaired) electrons. The van der Waals surface area contributed by atoms with Gasteiger partial charge in [0.15, 0.2) is 0 Å². The van der Waals surface area contributed by atoms with Crippen LogP contribution in [0.1, 0.15) is 36.9 Å². The van der Waals surface area contributed by atoms with Gasteiger partial charge in [-0.15, -0.1) is 0 Å². The average molecular weight is 476 g/mol. The van der Waals surface area contributed by atoms with Crippen molar-refractivity contribution in [2.75, 3.05) is 20.3 Å². The van der Waals surface area contributed by atoms with Gasteiger partial charge in [-0.25, -0.2) is 4.98 Å². The van der Waals surface area contributed by atoms with E-state index in [1.807, 2.05) is 35.9 Å². The number of imidazole rings is 1. The number of aliphatic hydroxyl groups excluding tert-OH is 1. The van der Waals surface area contributed by atoms with Crippen molar-refractivity contribution in [3.8, 4) is 11.5 Å². The van der Waals surface area contributed by atoms with E-state index in [-0.39, 0.29) is 11.3 Å². The molecule has 8 nitrogen and oxygen atoms in total. The van der Waals surface area contributed by atoms with Crippen LogP contribution < -0.4 is 9.47 Å². The van der Waals surface area contributed by atoms with E-state index in [1.54, 1.807) is 50.0 Å². The molecule has 0 saturated carbocycles. The normalized spacial score (nSPS) is 17.1. The second kappa shape index (κ2) is 10.9. The number of likely N-dealkylation sites (tertiary alicyclic amines) is 1. The van der Waals surface area contributed by atoms with Gasteiger partial charge in [0, 0.05) is 36.6 Å². The quantitative estimate of drug-likeness (QED) is 0.268. The van der Waals surface area contributed by atoms with Crippen molar-refractivity contribution in [2.24, 2.45) is 0 Å². The molecular formula is C27H29N3O5. The minimum absolute atomic E-state index is 0.0457. The zero-order valence-electron chi connectivity index (χ0n) is 19.9. The van der Waals surface area contributed by atoms with Crippen LogP contribution >= 0.6 is 0 Å². The molecule has 1 N–H and O–H groups in total. The molecule has 1 atom stereocenters. The lowest BCUT2D eigenvalue weighted by Gasteiger charge is -2.26. The Hall–Kier alpha value is -4.07. The maximum Gasteiger partial charge on any atom is 0.295 e. The van der Waals surface area contributed by atoms with Gasteiger partial charge in [0.2, 0.25) is 0 Å². The molecule has 3 aromatic rings. The lowest BCUT2D eigenvalue weighted by Crippen LogP contribution is -2.31. The highest BCUT2D eigenvalue weighted by Gasteiger charge is 2.46. The molecular weight excluding hydrogens is 446 g/mol. The van der Waals surface area contributed by atoms with Gasteiger partial charge in [-0.2, -0.15) is 0 Å². The van der Waals surface area contributed by atoms with Crippen LogP contribution in [0.2, 0.25) is 0 Å². The number of rotatable bonds is 10. The van der Waals surface area contributed by atoms with Gasteiger partial charge in [-0.1, -0.05) is 25.1 Å². The molecule has 1 aromatic heterocycles. The Morgan fingerprint density at radius 3 is 2.54 bits per heavy atom. The summed E-state index contributed by atoms with van der Waals surface area (Å²) < 4.78 is 13.1. The van der Waals surface area contributed by atoms with E-state index in [2.05, 4.69) is 4.98 Å². The molecule has 0 bridgehead atoms. The predicted molar refractivity (Wildman–Crippen MR) is 131 cm³/mol. The number of Topliss-reactive ketones (excluding diaryl/α,β-unsaturated/α-hetero) is 1. The van der Waals surface area contributed by atoms with Gasteiger partial charge < -0.3 is 24.0 Å². The molecule has 4 rings (SSSR count). The maximum atomic E-state index is 13.2. The number of benzene rings is 2. The third kappa shape index (κ3) is 5.06. The van der Waals surface area contributed by atoms with E-state index in [1.165, 1.54) is 4.90 Å². The highest BCUT2D eigenvalue weighted by Crippen LogP contribution is 2.42. The largest absolute Gasteiger partial charge is 0.507 e. The smallest absolute Gasteiger partial charge is 0.295 e. The zero-order valence-corrected chi connectivity index (χ0v) is 19.9. The summed E-state index contributed by atoms with van der Waals surface area (Å²) in [6, 6.07) is 13.3. The zero-order chi connectivity index (χ0) is 24.8. The fraction of sp³-hybridized carbons (Fsp3) is 0.296. The summed E-state index contributed by atoms with van der Waals surface area (Å²) >= 11 is 0. The maximum absolute atomic E-state index is 13.2. The van der Waals surface area contributed by atoms with Crippen LogP contribution in [0.5, 0.6) is 11.5 Å². The van der Waals surface area contributed by atoms with Crippen molar-refractivity contribution in [1.82, 2.24) is 14.5 Å². The summed E-state index contributed by atoms with van der Waals surface area (Å²) in [4.78, 5) is 31.9. The van der Waals surface area contributed by atoms with Gasteiger partial charge in [0.05, 0.1) is 31.7 Å². The van der Waals surface area contributed by atoms with Crippen molar-refractivity contribution in [1.29, 1.82) is 0 Å². The SMILES string of the molecule is CCCOc1ccc(C(O)=C2C(=O)C(=O)N(CCCn3ccnc3)C2c2ccccc2OC)cc1. The molecule has 2 aromatic carbocycles. The second-order valence-corrected chi connectivity index (χ2v) is 8.26. The Morgan fingerprint density at radius 1 is 1.09 bits per heavy atom. The molecule has 0 spiro atoms. The third-order valence-electron chi connectivity index (χ3n) is 5.95. The minimum atomic E-state index is -0.773. The Balaban J connectivity index is 1.72. The van der Waals surface area contributed by atoms with Crippen molar-refractivity contribution < 1.29 is 24.2 Å². The number of hydrogen-bond acceptors (Lipinski definition) is 6. The van der Waals surface area contributed by atoms with Crippen molar-refractivity contribution >= 4 is 17.4 Å².